The van der Waals surface area contributed by atoms with Gasteiger partial charge in [-0.1, -0.05) is 6.92 Å². The number of carbonyl (C=O) groups excluding carboxylic acids is 1. The first kappa shape index (κ1) is 19.8. The van der Waals surface area contributed by atoms with E-state index in [1.807, 2.05) is 12.1 Å². The number of piperidine rings is 1. The molecule has 5 atom stereocenters. The Bertz CT molecular complexity index is 904. The second-order valence-corrected chi connectivity index (χ2v) is 9.57. The summed E-state index contributed by atoms with van der Waals surface area (Å²) in [6.07, 6.45) is 5.08. The first-order chi connectivity index (χ1) is 14.4. The van der Waals surface area contributed by atoms with Crippen LogP contribution in [0.2, 0.25) is 0 Å². The number of hydrogen-bond acceptors (Lipinski definition) is 6. The van der Waals surface area contributed by atoms with E-state index in [0.717, 1.165) is 63.0 Å². The minimum atomic E-state index is -0.290. The molecule has 3 heterocycles. The topological polar surface area (TPSA) is 75.9 Å². The standard InChI is InChI=1S/C23H31N3O4/c1-4-22-9-6-11-24-12-10-23(21(22)24)17-13-15(26(28)29)7-8-18(17)25(5-2)19(23)16(14-22)20(27)30-3/h7-8,13,16,19,21H,4-6,9-12,14H2,1-3H3/t16-,19-,21-,22-,23-/m0/s1. The monoisotopic (exact) mass is 413 g/mol. The van der Waals surface area contributed by atoms with E-state index in [-0.39, 0.29) is 39.4 Å². The number of nitro groups is 1. The predicted octanol–water partition coefficient (Wildman–Crippen LogP) is 3.50. The summed E-state index contributed by atoms with van der Waals surface area (Å²) < 4.78 is 5.34. The van der Waals surface area contributed by atoms with Crippen LogP contribution in [-0.2, 0) is 14.9 Å². The molecule has 0 bridgehead atoms. The van der Waals surface area contributed by atoms with Gasteiger partial charge in [0.2, 0.25) is 0 Å². The SMILES string of the molecule is CCN1c2ccc([N+](=O)[O-])cc2[C@@]23CCN4CCC[C@@](CC)(C[C@H](C(=O)OC)[C@H]12)[C@H]43. The molecule has 0 N–H and O–H groups in total. The lowest BCUT2D eigenvalue weighted by Crippen LogP contribution is -2.68. The van der Waals surface area contributed by atoms with Crippen LogP contribution in [0, 0.1) is 21.4 Å². The van der Waals surface area contributed by atoms with E-state index in [4.69, 9.17) is 4.74 Å². The summed E-state index contributed by atoms with van der Waals surface area (Å²) in [6.45, 7) is 7.23. The van der Waals surface area contributed by atoms with Crippen LogP contribution in [0.4, 0.5) is 11.4 Å². The fourth-order valence-corrected chi connectivity index (χ4v) is 7.89. The quantitative estimate of drug-likeness (QED) is 0.427. The zero-order valence-electron chi connectivity index (χ0n) is 18.1. The van der Waals surface area contributed by atoms with Gasteiger partial charge in [0.05, 0.1) is 24.0 Å². The molecular formula is C23H31N3O4. The van der Waals surface area contributed by atoms with Crippen LogP contribution in [0.5, 0.6) is 0 Å². The summed E-state index contributed by atoms with van der Waals surface area (Å²) >= 11 is 0. The Morgan fingerprint density at radius 3 is 2.77 bits per heavy atom. The molecule has 30 heavy (non-hydrogen) atoms. The maximum absolute atomic E-state index is 13.1. The van der Waals surface area contributed by atoms with E-state index < -0.39 is 0 Å². The Morgan fingerprint density at radius 1 is 1.30 bits per heavy atom. The zero-order chi connectivity index (χ0) is 21.3. The van der Waals surface area contributed by atoms with Gasteiger partial charge in [-0.05, 0) is 69.2 Å². The summed E-state index contributed by atoms with van der Waals surface area (Å²) in [5, 5.41) is 11.6. The fraction of sp³-hybridized carbons (Fsp3) is 0.696. The molecule has 3 fully saturated rings. The molecule has 0 aromatic heterocycles. The Balaban J connectivity index is 1.79. The van der Waals surface area contributed by atoms with Crippen LogP contribution >= 0.6 is 0 Å². The van der Waals surface area contributed by atoms with Gasteiger partial charge in [-0.3, -0.25) is 19.8 Å². The van der Waals surface area contributed by atoms with Crippen molar-refractivity contribution in [1.29, 1.82) is 0 Å². The average Bonchev–Trinajstić information content (AvgIpc) is 3.29. The van der Waals surface area contributed by atoms with E-state index in [1.165, 1.54) is 7.11 Å². The van der Waals surface area contributed by atoms with Gasteiger partial charge in [0.1, 0.15) is 0 Å². The molecule has 1 aromatic rings. The number of methoxy groups -OCH3 is 1. The van der Waals surface area contributed by atoms with Crippen LogP contribution in [0.3, 0.4) is 0 Å². The summed E-state index contributed by atoms with van der Waals surface area (Å²) in [6, 6.07) is 5.67. The van der Waals surface area contributed by atoms with E-state index in [1.54, 1.807) is 6.07 Å². The molecular weight excluding hydrogens is 382 g/mol. The molecule has 1 saturated carbocycles. The van der Waals surface area contributed by atoms with Crippen molar-refractivity contribution in [3.8, 4) is 0 Å². The second kappa shape index (κ2) is 6.67. The van der Waals surface area contributed by atoms with Crippen LogP contribution in [0.25, 0.3) is 0 Å². The van der Waals surface area contributed by atoms with Crippen molar-refractivity contribution in [2.24, 2.45) is 11.3 Å². The van der Waals surface area contributed by atoms with Crippen molar-refractivity contribution in [3.05, 3.63) is 33.9 Å². The van der Waals surface area contributed by atoms with Crippen molar-refractivity contribution >= 4 is 17.3 Å². The highest BCUT2D eigenvalue weighted by molar-refractivity contribution is 5.79. The van der Waals surface area contributed by atoms with Crippen molar-refractivity contribution in [2.45, 2.75) is 63.5 Å². The number of rotatable bonds is 4. The number of fused-ring (bicyclic) bond motifs is 1. The molecule has 7 heteroatoms. The van der Waals surface area contributed by atoms with E-state index in [9.17, 15) is 14.9 Å². The first-order valence-electron chi connectivity index (χ1n) is 11.3. The van der Waals surface area contributed by atoms with Crippen LogP contribution in [-0.4, -0.2) is 54.6 Å². The van der Waals surface area contributed by atoms with Gasteiger partial charge in [-0.25, -0.2) is 0 Å². The Kier molecular flexibility index (Phi) is 4.40. The van der Waals surface area contributed by atoms with Gasteiger partial charge in [0, 0.05) is 35.8 Å². The van der Waals surface area contributed by atoms with Crippen molar-refractivity contribution in [1.82, 2.24) is 4.90 Å². The fourth-order valence-electron chi connectivity index (χ4n) is 7.89. The molecule has 0 radical (unpaired) electrons. The minimum absolute atomic E-state index is 0.000251. The molecule has 5 rings (SSSR count). The molecule has 1 spiro atoms. The molecule has 0 amide bonds. The van der Waals surface area contributed by atoms with Crippen LogP contribution in [0.1, 0.15) is 51.5 Å². The lowest BCUT2D eigenvalue weighted by atomic mass is 9.49. The summed E-state index contributed by atoms with van der Waals surface area (Å²) in [4.78, 5) is 29.5. The smallest absolute Gasteiger partial charge is 0.310 e. The molecule has 7 nitrogen and oxygen atoms in total. The number of ether oxygens (including phenoxy) is 1. The lowest BCUT2D eigenvalue weighted by molar-refractivity contribution is -0.384. The third-order valence-electron chi connectivity index (χ3n) is 8.79. The van der Waals surface area contributed by atoms with Gasteiger partial charge >= 0.3 is 5.97 Å². The number of non-ortho nitro benzene ring substituents is 1. The van der Waals surface area contributed by atoms with E-state index in [0.29, 0.717) is 6.04 Å². The van der Waals surface area contributed by atoms with Crippen molar-refractivity contribution in [3.63, 3.8) is 0 Å². The maximum Gasteiger partial charge on any atom is 0.310 e. The number of likely N-dealkylation sites (N-methyl/N-ethyl adjacent to an activating group) is 1. The van der Waals surface area contributed by atoms with E-state index >= 15 is 0 Å². The van der Waals surface area contributed by atoms with Gasteiger partial charge in [-0.2, -0.15) is 0 Å². The number of carbonyl (C=O) groups is 1. The summed E-state index contributed by atoms with van der Waals surface area (Å²) in [5.41, 5.74) is 2.10. The molecule has 1 aromatic carbocycles. The lowest BCUT2D eigenvalue weighted by Gasteiger charge is -2.60. The molecule has 3 aliphatic heterocycles. The highest BCUT2D eigenvalue weighted by Gasteiger charge is 2.71. The predicted molar refractivity (Wildman–Crippen MR) is 114 cm³/mol. The number of benzene rings is 1. The largest absolute Gasteiger partial charge is 0.469 e. The highest BCUT2D eigenvalue weighted by atomic mass is 16.6. The molecule has 2 saturated heterocycles. The Hall–Kier alpha value is -2.15. The van der Waals surface area contributed by atoms with Gasteiger partial charge < -0.3 is 9.64 Å². The first-order valence-corrected chi connectivity index (χ1v) is 11.3. The molecule has 0 unspecified atom stereocenters. The van der Waals surface area contributed by atoms with Crippen molar-refractivity contribution < 1.29 is 14.5 Å². The zero-order valence-corrected chi connectivity index (χ0v) is 18.1. The number of nitrogens with zero attached hydrogens (tertiary/aromatic N) is 3. The van der Waals surface area contributed by atoms with Crippen LogP contribution < -0.4 is 4.90 Å². The molecule has 162 valence electrons. The normalized spacial score (nSPS) is 36.8. The van der Waals surface area contributed by atoms with Gasteiger partial charge in [0.25, 0.3) is 5.69 Å². The average molecular weight is 414 g/mol. The number of hydrogen-bond donors (Lipinski definition) is 0. The Labute approximate surface area is 177 Å². The maximum atomic E-state index is 13.1. The number of nitro benzene ring substituents is 1. The van der Waals surface area contributed by atoms with Gasteiger partial charge in [0.15, 0.2) is 0 Å². The molecule has 1 aliphatic carbocycles. The third kappa shape index (κ3) is 2.27. The highest BCUT2D eigenvalue weighted by Crippen LogP contribution is 2.67. The Morgan fingerprint density at radius 2 is 2.10 bits per heavy atom. The number of esters is 1. The van der Waals surface area contributed by atoms with E-state index in [2.05, 4.69) is 23.6 Å². The van der Waals surface area contributed by atoms with Crippen molar-refractivity contribution in [2.75, 3.05) is 31.6 Å². The summed E-state index contributed by atoms with van der Waals surface area (Å²) in [7, 11) is 1.49. The van der Waals surface area contributed by atoms with Gasteiger partial charge in [-0.15, -0.1) is 0 Å². The number of anilines is 1. The second-order valence-electron chi connectivity index (χ2n) is 9.57. The minimum Gasteiger partial charge on any atom is -0.469 e. The third-order valence-corrected chi connectivity index (χ3v) is 8.79. The summed E-state index contributed by atoms with van der Waals surface area (Å²) in [5.74, 6) is -0.342. The van der Waals surface area contributed by atoms with Crippen LogP contribution in [0.15, 0.2) is 18.2 Å². The molecule has 4 aliphatic rings.